The Hall–Kier alpha value is -1.95. The molecule has 0 aromatic heterocycles. The predicted molar refractivity (Wildman–Crippen MR) is 120 cm³/mol. The monoisotopic (exact) mass is 396 g/mol. The Balaban J connectivity index is 2.21. The zero-order chi connectivity index (χ0) is 19.2. The Morgan fingerprint density at radius 1 is 0.704 bits per heavy atom. The van der Waals surface area contributed by atoms with Crippen LogP contribution in [0.5, 0.6) is 0 Å². The Kier molecular flexibility index (Phi) is 6.15. The number of benzene rings is 3. The van der Waals surface area contributed by atoms with E-state index < -0.39 is 5.96 Å². The van der Waals surface area contributed by atoms with Crippen molar-refractivity contribution in [1.82, 2.24) is 0 Å². The number of ketones is 1. The zero-order valence-corrected chi connectivity index (χ0v) is 17.4. The summed E-state index contributed by atoms with van der Waals surface area (Å²) in [5.74, 6) is -2.91. The topological polar surface area (TPSA) is 17.1 Å². The van der Waals surface area contributed by atoms with Gasteiger partial charge in [-0.05, 0) is 0 Å². The predicted octanol–water partition coefficient (Wildman–Crippen LogP) is 5.43. The van der Waals surface area contributed by atoms with Gasteiger partial charge in [-0.3, -0.25) is 0 Å². The summed E-state index contributed by atoms with van der Waals surface area (Å²) in [6, 6.07) is 31.5. The molecule has 0 aliphatic rings. The first kappa shape index (κ1) is 19.8. The molecule has 0 aliphatic carbocycles. The molecule has 0 spiro atoms. The first-order valence-corrected chi connectivity index (χ1v) is 12.8. The molecule has 3 heteroatoms. The van der Waals surface area contributed by atoms with Gasteiger partial charge in [0.1, 0.15) is 0 Å². The normalized spacial score (nSPS) is 12.9. The molecule has 0 aliphatic heterocycles. The van der Waals surface area contributed by atoms with Crippen molar-refractivity contribution in [2.45, 2.75) is 26.2 Å². The Morgan fingerprint density at radius 3 is 1.41 bits per heavy atom. The number of carbonyl (C=O) groups is 1. The number of rotatable bonds is 8. The van der Waals surface area contributed by atoms with Crippen molar-refractivity contribution in [2.75, 3.05) is 6.16 Å². The Labute approximate surface area is 167 Å². The van der Waals surface area contributed by atoms with Crippen molar-refractivity contribution < 1.29 is 4.79 Å². The molecule has 0 saturated carbocycles. The molecule has 1 nitrogen and oxygen atoms in total. The van der Waals surface area contributed by atoms with Crippen LogP contribution in [0.4, 0.5) is 0 Å². The summed E-state index contributed by atoms with van der Waals surface area (Å²) < 4.78 is 0. The molecule has 27 heavy (non-hydrogen) atoms. The minimum atomic E-state index is -3.15. The van der Waals surface area contributed by atoms with Crippen LogP contribution in [-0.2, 0) is 4.79 Å². The molecular weight excluding hydrogens is 371 g/mol. The number of hydrogen-bond donors (Lipinski definition) is 0. The number of carbonyl (C=O) groups excluding carboxylic acids is 1. The molecular formula is C24H26ClOP. The molecule has 3 rings (SSSR count). The Bertz CT molecular complexity index is 779. The quantitative estimate of drug-likeness (QED) is 0.366. The fraction of sp³-hybridized carbons (Fsp3) is 0.208. The second kappa shape index (κ2) is 8.38. The maximum absolute atomic E-state index is 11.4. The summed E-state index contributed by atoms with van der Waals surface area (Å²) in [7, 11) is 0. The third kappa shape index (κ3) is 3.86. The average molecular weight is 397 g/mol. The van der Waals surface area contributed by atoms with Crippen molar-refractivity contribution in [3.63, 3.8) is 0 Å². The van der Waals surface area contributed by atoms with E-state index in [0.29, 0.717) is 6.42 Å². The average Bonchev–Trinajstić information content (AvgIpc) is 2.73. The summed E-state index contributed by atoms with van der Waals surface area (Å²) in [6.45, 7) is 1.66. The van der Waals surface area contributed by atoms with E-state index in [9.17, 15) is 4.79 Å². The van der Waals surface area contributed by atoms with E-state index >= 15 is 0 Å². The summed E-state index contributed by atoms with van der Waals surface area (Å²) in [4.78, 5) is 11.4. The Morgan fingerprint density at radius 2 is 1.07 bits per heavy atom. The van der Waals surface area contributed by atoms with Crippen LogP contribution >= 0.6 is 17.2 Å². The molecule has 0 fully saturated rings. The first-order valence-electron chi connectivity index (χ1n) is 9.45. The van der Waals surface area contributed by atoms with Crippen LogP contribution < -0.4 is 15.9 Å². The fourth-order valence-corrected chi connectivity index (χ4v) is 10.1. The van der Waals surface area contributed by atoms with Gasteiger partial charge >= 0.3 is 167 Å². The molecule has 0 saturated heterocycles. The molecule has 0 unspecified atom stereocenters. The van der Waals surface area contributed by atoms with Gasteiger partial charge in [0.15, 0.2) is 0 Å². The van der Waals surface area contributed by atoms with Gasteiger partial charge in [0, 0.05) is 0 Å². The van der Waals surface area contributed by atoms with E-state index in [1.807, 2.05) is 18.2 Å². The van der Waals surface area contributed by atoms with E-state index in [1.54, 1.807) is 6.92 Å². The third-order valence-corrected chi connectivity index (χ3v) is 12.8. The van der Waals surface area contributed by atoms with Crippen molar-refractivity contribution in [3.05, 3.63) is 91.0 Å². The van der Waals surface area contributed by atoms with Gasteiger partial charge in [0.05, 0.1) is 0 Å². The number of hydrogen-bond acceptors (Lipinski definition) is 1. The van der Waals surface area contributed by atoms with E-state index in [0.717, 1.165) is 19.0 Å². The standard InChI is InChI=1S/C24H26ClOP/c1-21(26)13-11-12-20-27(25,22-14-5-2-6-15-22,23-16-7-3-8-17-23)24-18-9-4-10-19-24/h2-10,14-19H,11-13,20H2,1H3. The molecule has 140 valence electrons. The van der Waals surface area contributed by atoms with Gasteiger partial charge in [-0.2, -0.15) is 0 Å². The van der Waals surface area contributed by atoms with Crippen molar-refractivity contribution in [2.24, 2.45) is 0 Å². The van der Waals surface area contributed by atoms with Crippen molar-refractivity contribution >= 4 is 38.9 Å². The van der Waals surface area contributed by atoms with Crippen LogP contribution in [0.1, 0.15) is 26.2 Å². The van der Waals surface area contributed by atoms with Crippen LogP contribution in [-0.4, -0.2) is 11.9 Å². The number of halogens is 1. The summed E-state index contributed by atoms with van der Waals surface area (Å²) in [6.07, 6.45) is 3.24. The molecule has 3 aromatic carbocycles. The van der Waals surface area contributed by atoms with Crippen LogP contribution in [0.15, 0.2) is 91.0 Å². The molecule has 0 radical (unpaired) electrons. The van der Waals surface area contributed by atoms with E-state index in [1.165, 1.54) is 15.9 Å². The molecule has 0 heterocycles. The van der Waals surface area contributed by atoms with Gasteiger partial charge in [0.25, 0.3) is 0 Å². The molecule has 0 amide bonds. The minimum absolute atomic E-state index is 0.240. The molecule has 3 aromatic rings. The number of unbranched alkanes of at least 4 members (excludes halogenated alkanes) is 1. The van der Waals surface area contributed by atoms with E-state index in [2.05, 4.69) is 72.8 Å². The van der Waals surface area contributed by atoms with Crippen LogP contribution in [0.2, 0.25) is 0 Å². The molecule has 0 atom stereocenters. The van der Waals surface area contributed by atoms with Crippen molar-refractivity contribution in [3.8, 4) is 0 Å². The SMILES string of the molecule is CC(=O)CCCCP(Cl)(c1ccccc1)(c1ccccc1)c1ccccc1. The van der Waals surface area contributed by atoms with E-state index in [4.69, 9.17) is 11.2 Å². The molecule has 0 bridgehead atoms. The second-order valence-corrected chi connectivity index (χ2v) is 13.7. The van der Waals surface area contributed by atoms with Crippen LogP contribution in [0, 0.1) is 0 Å². The van der Waals surface area contributed by atoms with Crippen LogP contribution in [0.25, 0.3) is 0 Å². The zero-order valence-electron chi connectivity index (χ0n) is 15.7. The van der Waals surface area contributed by atoms with Gasteiger partial charge in [-0.25, -0.2) is 0 Å². The summed E-state index contributed by atoms with van der Waals surface area (Å²) in [5.41, 5.74) is 0. The summed E-state index contributed by atoms with van der Waals surface area (Å²) >= 11 is 7.93. The number of Topliss-reactive ketones (excluding diaryl/α,β-unsaturated/α-hetero) is 1. The second-order valence-electron chi connectivity index (χ2n) is 7.07. The fourth-order valence-electron chi connectivity index (χ4n) is 3.83. The summed E-state index contributed by atoms with van der Waals surface area (Å²) in [5, 5.41) is 3.56. The van der Waals surface area contributed by atoms with Crippen molar-refractivity contribution in [1.29, 1.82) is 0 Å². The maximum atomic E-state index is 11.4. The van der Waals surface area contributed by atoms with Gasteiger partial charge in [-0.15, -0.1) is 0 Å². The van der Waals surface area contributed by atoms with Gasteiger partial charge < -0.3 is 0 Å². The molecule has 0 N–H and O–H groups in total. The van der Waals surface area contributed by atoms with Gasteiger partial charge in [-0.1, -0.05) is 0 Å². The van der Waals surface area contributed by atoms with Gasteiger partial charge in [0.2, 0.25) is 0 Å². The van der Waals surface area contributed by atoms with Crippen LogP contribution in [0.3, 0.4) is 0 Å². The van der Waals surface area contributed by atoms with E-state index in [-0.39, 0.29) is 5.78 Å². The third-order valence-electron chi connectivity index (χ3n) is 5.24. The first-order chi connectivity index (χ1) is 13.1.